The second-order valence-corrected chi connectivity index (χ2v) is 5.86. The number of carbonyl (C=O) groups is 2. The highest BCUT2D eigenvalue weighted by Gasteiger charge is 2.31. The van der Waals surface area contributed by atoms with Crippen molar-refractivity contribution in [3.63, 3.8) is 0 Å². The molecular formula is C13H19N3O3S. The van der Waals surface area contributed by atoms with Crippen LogP contribution in [0.1, 0.15) is 39.8 Å². The number of nitrogen functional groups attached to an aromatic ring is 1. The zero-order chi connectivity index (χ0) is 14.9. The summed E-state index contributed by atoms with van der Waals surface area (Å²) in [5.74, 6) is -0.498. The number of hydrogen-bond acceptors (Lipinski definition) is 6. The molecule has 1 heterocycles. The Balaban J connectivity index is 2.45. The minimum atomic E-state index is -0.619. The van der Waals surface area contributed by atoms with Gasteiger partial charge in [0.25, 0.3) is 5.91 Å². The molecule has 1 aromatic rings. The molecule has 0 radical (unpaired) electrons. The number of methoxy groups -OCH3 is 1. The number of hydrogen-bond donors (Lipinski definition) is 2. The van der Waals surface area contributed by atoms with E-state index in [1.807, 2.05) is 6.92 Å². The number of thiophene rings is 1. The monoisotopic (exact) mass is 297 g/mol. The van der Waals surface area contributed by atoms with Gasteiger partial charge in [-0.15, -0.1) is 11.3 Å². The van der Waals surface area contributed by atoms with Crippen LogP contribution in [-0.4, -0.2) is 32.1 Å². The third-order valence-corrected chi connectivity index (χ3v) is 4.67. The Morgan fingerprint density at radius 1 is 1.45 bits per heavy atom. The Bertz CT molecular complexity index is 537. The molecule has 1 saturated carbocycles. The molecule has 0 atom stereocenters. The van der Waals surface area contributed by atoms with Crippen molar-refractivity contribution >= 4 is 33.9 Å². The van der Waals surface area contributed by atoms with E-state index in [0.29, 0.717) is 10.9 Å². The molecule has 0 unspecified atom stereocenters. The molecule has 0 aliphatic heterocycles. The normalized spacial score (nSPS) is 14.1. The fraction of sp³-hybridized carbons (Fsp3) is 0.538. The lowest BCUT2D eigenvalue weighted by atomic mass is 10.2. The summed E-state index contributed by atoms with van der Waals surface area (Å²) in [4.78, 5) is 25.6. The van der Waals surface area contributed by atoms with Crippen LogP contribution in [0, 0.1) is 5.92 Å². The number of primary amides is 1. The van der Waals surface area contributed by atoms with Crippen LogP contribution in [0.15, 0.2) is 0 Å². The van der Waals surface area contributed by atoms with E-state index >= 15 is 0 Å². The molecule has 0 saturated heterocycles. The third kappa shape index (κ3) is 2.72. The summed E-state index contributed by atoms with van der Waals surface area (Å²) in [6, 6.07) is 0. The van der Waals surface area contributed by atoms with Gasteiger partial charge in [-0.25, -0.2) is 4.79 Å². The van der Waals surface area contributed by atoms with Crippen LogP contribution in [0.2, 0.25) is 0 Å². The van der Waals surface area contributed by atoms with Gasteiger partial charge in [0, 0.05) is 13.1 Å². The SMILES string of the molecule is CCN(CC1CC1)c1sc(C(N)=O)c(N)c1C(=O)OC. The predicted octanol–water partition coefficient (Wildman–Crippen LogP) is 1.45. The summed E-state index contributed by atoms with van der Waals surface area (Å²) in [5, 5.41) is 0.678. The molecule has 1 aliphatic carbocycles. The highest BCUT2D eigenvalue weighted by molar-refractivity contribution is 7.19. The van der Waals surface area contributed by atoms with E-state index in [0.717, 1.165) is 13.1 Å². The Kier molecular flexibility index (Phi) is 4.17. The van der Waals surface area contributed by atoms with E-state index in [-0.39, 0.29) is 16.1 Å². The fourth-order valence-electron chi connectivity index (χ4n) is 2.10. The van der Waals surface area contributed by atoms with Gasteiger partial charge in [0.2, 0.25) is 0 Å². The maximum absolute atomic E-state index is 11.9. The molecular weight excluding hydrogens is 278 g/mol. The van der Waals surface area contributed by atoms with Crippen molar-refractivity contribution in [3.05, 3.63) is 10.4 Å². The summed E-state index contributed by atoms with van der Waals surface area (Å²) >= 11 is 1.17. The standard InChI is InChI=1S/C13H19N3O3S/c1-3-16(6-7-4-5-7)12-8(13(18)19-2)9(14)10(20-12)11(15)17/h7H,3-6,14H2,1-2H3,(H2,15,17). The zero-order valence-electron chi connectivity index (χ0n) is 11.6. The Morgan fingerprint density at radius 3 is 2.55 bits per heavy atom. The lowest BCUT2D eigenvalue weighted by Gasteiger charge is -2.22. The number of nitrogens with two attached hydrogens (primary N) is 2. The maximum Gasteiger partial charge on any atom is 0.343 e. The number of rotatable bonds is 6. The van der Waals surface area contributed by atoms with Crippen LogP contribution in [0.5, 0.6) is 0 Å². The molecule has 1 amide bonds. The molecule has 6 nitrogen and oxygen atoms in total. The first-order valence-corrected chi connectivity index (χ1v) is 7.36. The summed E-state index contributed by atoms with van der Waals surface area (Å²) in [6.07, 6.45) is 2.40. The summed E-state index contributed by atoms with van der Waals surface area (Å²) in [6.45, 7) is 3.60. The van der Waals surface area contributed by atoms with Gasteiger partial charge in [-0.05, 0) is 25.7 Å². The topological polar surface area (TPSA) is 98.6 Å². The molecule has 7 heteroatoms. The van der Waals surface area contributed by atoms with Crippen molar-refractivity contribution in [1.29, 1.82) is 0 Å². The van der Waals surface area contributed by atoms with E-state index in [2.05, 4.69) is 4.90 Å². The number of amides is 1. The van der Waals surface area contributed by atoms with E-state index in [9.17, 15) is 9.59 Å². The highest BCUT2D eigenvalue weighted by Crippen LogP contribution is 2.40. The summed E-state index contributed by atoms with van der Waals surface area (Å²) in [5.41, 5.74) is 11.6. The van der Waals surface area contributed by atoms with Crippen LogP contribution < -0.4 is 16.4 Å². The molecule has 0 aromatic carbocycles. The molecule has 20 heavy (non-hydrogen) atoms. The van der Waals surface area contributed by atoms with Gasteiger partial charge < -0.3 is 21.1 Å². The Labute approximate surface area is 121 Å². The predicted molar refractivity (Wildman–Crippen MR) is 79.2 cm³/mol. The van der Waals surface area contributed by atoms with Crippen molar-refractivity contribution in [2.24, 2.45) is 11.7 Å². The van der Waals surface area contributed by atoms with E-state index in [4.69, 9.17) is 16.2 Å². The zero-order valence-corrected chi connectivity index (χ0v) is 12.5. The molecule has 1 aromatic heterocycles. The van der Waals surface area contributed by atoms with Gasteiger partial charge in [0.15, 0.2) is 0 Å². The van der Waals surface area contributed by atoms with Crippen molar-refractivity contribution in [2.75, 3.05) is 30.8 Å². The average Bonchev–Trinajstić information content (AvgIpc) is 3.17. The number of nitrogens with zero attached hydrogens (tertiary/aromatic N) is 1. The minimum Gasteiger partial charge on any atom is -0.465 e. The number of carbonyl (C=O) groups excluding carboxylic acids is 2. The van der Waals surface area contributed by atoms with Crippen LogP contribution >= 0.6 is 11.3 Å². The third-order valence-electron chi connectivity index (χ3n) is 3.38. The molecule has 0 bridgehead atoms. The van der Waals surface area contributed by atoms with Gasteiger partial charge in [-0.2, -0.15) is 0 Å². The Hall–Kier alpha value is -1.76. The number of anilines is 2. The van der Waals surface area contributed by atoms with Crippen LogP contribution in [0.25, 0.3) is 0 Å². The van der Waals surface area contributed by atoms with Crippen LogP contribution in [-0.2, 0) is 4.74 Å². The molecule has 1 fully saturated rings. The van der Waals surface area contributed by atoms with Crippen LogP contribution in [0.4, 0.5) is 10.7 Å². The first-order valence-electron chi connectivity index (χ1n) is 6.54. The van der Waals surface area contributed by atoms with E-state index in [1.54, 1.807) is 0 Å². The second-order valence-electron chi connectivity index (χ2n) is 4.86. The van der Waals surface area contributed by atoms with Gasteiger partial charge in [-0.3, -0.25) is 4.79 Å². The maximum atomic E-state index is 11.9. The van der Waals surface area contributed by atoms with Crippen molar-refractivity contribution in [2.45, 2.75) is 19.8 Å². The van der Waals surface area contributed by atoms with Crippen molar-refractivity contribution in [1.82, 2.24) is 0 Å². The van der Waals surface area contributed by atoms with Crippen LogP contribution in [0.3, 0.4) is 0 Å². The first-order chi connectivity index (χ1) is 9.49. The number of esters is 1. The molecule has 110 valence electrons. The molecule has 0 spiro atoms. The number of ether oxygens (including phenoxy) is 1. The molecule has 1 aliphatic rings. The first kappa shape index (κ1) is 14.6. The largest absolute Gasteiger partial charge is 0.465 e. The highest BCUT2D eigenvalue weighted by atomic mass is 32.1. The smallest absolute Gasteiger partial charge is 0.343 e. The molecule has 4 N–H and O–H groups in total. The average molecular weight is 297 g/mol. The summed E-state index contributed by atoms with van der Waals surface area (Å²) in [7, 11) is 1.30. The van der Waals surface area contributed by atoms with Crippen molar-refractivity contribution in [3.8, 4) is 0 Å². The lowest BCUT2D eigenvalue weighted by molar-refractivity contribution is 0.0603. The van der Waals surface area contributed by atoms with E-state index < -0.39 is 11.9 Å². The second kappa shape index (κ2) is 5.70. The Morgan fingerprint density at radius 2 is 2.10 bits per heavy atom. The van der Waals surface area contributed by atoms with Crippen molar-refractivity contribution < 1.29 is 14.3 Å². The lowest BCUT2D eigenvalue weighted by Crippen LogP contribution is -2.26. The summed E-state index contributed by atoms with van der Waals surface area (Å²) < 4.78 is 4.78. The minimum absolute atomic E-state index is 0.124. The van der Waals surface area contributed by atoms with E-state index in [1.165, 1.54) is 31.3 Å². The molecule has 2 rings (SSSR count). The fourth-order valence-corrected chi connectivity index (χ4v) is 3.24. The van der Waals surface area contributed by atoms with Gasteiger partial charge in [0.1, 0.15) is 15.4 Å². The quantitative estimate of drug-likeness (QED) is 0.774. The van der Waals surface area contributed by atoms with Gasteiger partial charge >= 0.3 is 5.97 Å². The van der Waals surface area contributed by atoms with Gasteiger partial charge in [0.05, 0.1) is 12.8 Å². The van der Waals surface area contributed by atoms with Gasteiger partial charge in [-0.1, -0.05) is 0 Å².